The zero-order valence-electron chi connectivity index (χ0n) is 11.3. The largest absolute Gasteiger partial charge is 2.00 e. The first kappa shape index (κ1) is 17.9. The zero-order valence-corrected chi connectivity index (χ0v) is 12.9. The first-order valence-corrected chi connectivity index (χ1v) is 5.33. The smallest absolute Gasteiger partial charge is 0.293 e. The molecule has 0 nitrogen and oxygen atoms in total. The van der Waals surface area contributed by atoms with Gasteiger partial charge in [-0.3, -0.25) is 6.58 Å². The minimum absolute atomic E-state index is 0. The van der Waals surface area contributed by atoms with Crippen molar-refractivity contribution in [3.05, 3.63) is 52.6 Å². The molecular weight excluding hydrogens is 228 g/mol. The molecule has 1 aromatic carbocycles. The molecule has 1 rings (SSSR count). The van der Waals surface area contributed by atoms with Crippen LogP contribution < -0.4 is 0 Å². The molecule has 0 aliphatic carbocycles. The van der Waals surface area contributed by atoms with Crippen LogP contribution in [0.4, 0.5) is 0 Å². The van der Waals surface area contributed by atoms with Gasteiger partial charge in [-0.2, -0.15) is 33.9 Å². The molecule has 0 aliphatic heterocycles. The first-order chi connectivity index (χ1) is 6.97. The van der Waals surface area contributed by atoms with Crippen LogP contribution in [0.25, 0.3) is 0 Å². The van der Waals surface area contributed by atoms with E-state index in [0.29, 0.717) is 0 Å². The Morgan fingerprint density at radius 1 is 1.00 bits per heavy atom. The molecule has 0 saturated heterocycles. The van der Waals surface area contributed by atoms with Gasteiger partial charge in [-0.05, 0) is 0 Å². The van der Waals surface area contributed by atoms with Gasteiger partial charge in [0.1, 0.15) is 0 Å². The maximum absolute atomic E-state index is 4.93. The van der Waals surface area contributed by atoms with Gasteiger partial charge in [-0.25, -0.2) is 12.2 Å². The molecule has 0 heterocycles. The third-order valence-corrected chi connectivity index (χ3v) is 3.12. The maximum Gasteiger partial charge on any atom is 2.00 e. The van der Waals surface area contributed by atoms with Gasteiger partial charge in [0, 0.05) is 0 Å². The van der Waals surface area contributed by atoms with Crippen LogP contribution in [-0.2, 0) is 21.7 Å². The fourth-order valence-electron chi connectivity index (χ4n) is 1.52. The van der Waals surface area contributed by atoms with E-state index in [4.69, 9.17) is 6.58 Å². The molecule has 0 atom stereocenters. The van der Waals surface area contributed by atoms with Gasteiger partial charge in [0.05, 0.1) is 0 Å². The summed E-state index contributed by atoms with van der Waals surface area (Å²) in [5, 5.41) is 0. The molecule has 0 unspecified atom stereocenters. The Labute approximate surface area is 116 Å². The molecule has 0 amide bonds. The second-order valence-electron chi connectivity index (χ2n) is 3.84. The minimum Gasteiger partial charge on any atom is -0.293 e. The van der Waals surface area contributed by atoms with Crippen molar-refractivity contribution >= 4 is 0 Å². The molecule has 0 spiro atoms. The van der Waals surface area contributed by atoms with Crippen LogP contribution in [0.3, 0.4) is 0 Å². The van der Waals surface area contributed by atoms with Gasteiger partial charge < -0.3 is 0 Å². The molecule has 1 heteroatoms. The van der Waals surface area contributed by atoms with E-state index in [1.54, 1.807) is 6.08 Å². The average Bonchev–Trinajstić information content (AvgIpc) is 2.39. The third kappa shape index (κ3) is 4.59. The van der Waals surface area contributed by atoms with E-state index in [2.05, 4.69) is 34.6 Å². The fourth-order valence-corrected chi connectivity index (χ4v) is 1.52. The van der Waals surface area contributed by atoms with Crippen LogP contribution in [0, 0.1) is 41.2 Å². The second kappa shape index (κ2) is 8.67. The van der Waals surface area contributed by atoms with E-state index < -0.39 is 0 Å². The summed E-state index contributed by atoms with van der Waals surface area (Å²) in [5.41, 5.74) is 7.34. The number of hydrogen-bond donors (Lipinski definition) is 0. The van der Waals surface area contributed by atoms with Crippen LogP contribution in [0.5, 0.6) is 0 Å². The van der Waals surface area contributed by atoms with Gasteiger partial charge in [0.2, 0.25) is 0 Å². The predicted octanol–water partition coefficient (Wildman–Crippen LogP) is 4.50. The standard InChI is InChI=1S/C10H15.C5H7.Ti/c1-6-7(2)9(4)10(5)8(6)3;1-3-5-4-2;/h1-5H3;1,3-5H,2H3;/q2*-1;+2. The van der Waals surface area contributed by atoms with Crippen molar-refractivity contribution < 1.29 is 21.7 Å². The van der Waals surface area contributed by atoms with Crippen molar-refractivity contribution in [2.24, 2.45) is 0 Å². The summed E-state index contributed by atoms with van der Waals surface area (Å²) < 4.78 is 0. The van der Waals surface area contributed by atoms with Gasteiger partial charge in [0.15, 0.2) is 0 Å². The maximum atomic E-state index is 4.93. The van der Waals surface area contributed by atoms with Gasteiger partial charge in [0.25, 0.3) is 0 Å². The molecule has 0 bridgehead atoms. The Morgan fingerprint density at radius 3 is 1.44 bits per heavy atom. The molecular formula is C15H22Ti. The van der Waals surface area contributed by atoms with Gasteiger partial charge in [-0.1, -0.05) is 41.5 Å². The zero-order chi connectivity index (χ0) is 12.0. The van der Waals surface area contributed by atoms with Crippen LogP contribution in [0.15, 0.2) is 18.2 Å². The second-order valence-corrected chi connectivity index (χ2v) is 3.84. The topological polar surface area (TPSA) is 0 Å². The predicted molar refractivity (Wildman–Crippen MR) is 69.4 cm³/mol. The molecule has 0 radical (unpaired) electrons. The molecule has 0 N–H and O–H groups in total. The number of allylic oxidation sites excluding steroid dienone is 3. The summed E-state index contributed by atoms with van der Waals surface area (Å²) >= 11 is 0. The normalized spacial score (nSPS) is 9.38. The Bertz CT molecular complexity index is 274. The molecule has 0 fully saturated rings. The molecule has 1 aromatic rings. The summed E-state index contributed by atoms with van der Waals surface area (Å²) in [6.07, 6.45) is 5.15. The van der Waals surface area contributed by atoms with Crippen LogP contribution in [0.2, 0.25) is 0 Å². The molecule has 0 saturated carbocycles. The summed E-state index contributed by atoms with van der Waals surface area (Å²) in [6, 6.07) is 0. The minimum atomic E-state index is 0. The molecule has 86 valence electrons. The monoisotopic (exact) mass is 250 g/mol. The molecule has 0 aromatic heterocycles. The fraction of sp³-hybridized carbons (Fsp3) is 0.400. The van der Waals surface area contributed by atoms with Crippen molar-refractivity contribution in [3.63, 3.8) is 0 Å². The van der Waals surface area contributed by atoms with E-state index >= 15 is 0 Å². The van der Waals surface area contributed by atoms with Crippen molar-refractivity contribution in [1.29, 1.82) is 0 Å². The third-order valence-electron chi connectivity index (χ3n) is 3.12. The van der Waals surface area contributed by atoms with Gasteiger partial charge in [-0.15, -0.1) is 0 Å². The Hall–Kier alpha value is -0.456. The van der Waals surface area contributed by atoms with Crippen LogP contribution in [-0.4, -0.2) is 0 Å². The summed E-state index contributed by atoms with van der Waals surface area (Å²) in [7, 11) is 0. The van der Waals surface area contributed by atoms with Crippen molar-refractivity contribution in [3.8, 4) is 0 Å². The Morgan fingerprint density at radius 2 is 1.38 bits per heavy atom. The summed E-state index contributed by atoms with van der Waals surface area (Å²) in [5.74, 6) is 0. The van der Waals surface area contributed by atoms with Crippen molar-refractivity contribution in [2.45, 2.75) is 41.5 Å². The van der Waals surface area contributed by atoms with E-state index in [-0.39, 0.29) is 21.7 Å². The quantitative estimate of drug-likeness (QED) is 0.391. The average molecular weight is 250 g/mol. The van der Waals surface area contributed by atoms with E-state index in [1.807, 2.05) is 13.0 Å². The molecule has 0 aliphatic rings. The van der Waals surface area contributed by atoms with Crippen LogP contribution >= 0.6 is 0 Å². The Kier molecular flexibility index (Phi) is 9.71. The van der Waals surface area contributed by atoms with Crippen LogP contribution in [0.1, 0.15) is 34.7 Å². The first-order valence-electron chi connectivity index (χ1n) is 5.33. The Balaban J connectivity index is 0. The summed E-state index contributed by atoms with van der Waals surface area (Å²) in [4.78, 5) is 0. The summed E-state index contributed by atoms with van der Waals surface area (Å²) in [6.45, 7) is 17.8. The van der Waals surface area contributed by atoms with Gasteiger partial charge >= 0.3 is 21.7 Å². The van der Waals surface area contributed by atoms with E-state index in [9.17, 15) is 0 Å². The van der Waals surface area contributed by atoms with Crippen molar-refractivity contribution in [1.82, 2.24) is 0 Å². The number of hydrogen-bond acceptors (Lipinski definition) is 0. The SMILES string of the molecule is Cc1c(C)c(C)[c-](C)c1C.[CH-]=CC=CC.[Ti+2]. The van der Waals surface area contributed by atoms with E-state index in [1.165, 1.54) is 33.9 Å². The molecule has 16 heavy (non-hydrogen) atoms. The number of rotatable bonds is 1. The van der Waals surface area contributed by atoms with E-state index in [0.717, 1.165) is 0 Å². The van der Waals surface area contributed by atoms with Crippen molar-refractivity contribution in [2.75, 3.05) is 0 Å².